The van der Waals surface area contributed by atoms with Crippen molar-refractivity contribution in [2.24, 2.45) is 5.41 Å². The fraction of sp³-hybridized carbons (Fsp3) is 0.364. The molecule has 0 bridgehead atoms. The molecular formula is C11H11BrF2O. The normalized spacial score (nSPS) is 11.6. The van der Waals surface area contributed by atoms with Gasteiger partial charge >= 0.3 is 0 Å². The van der Waals surface area contributed by atoms with Crippen LogP contribution < -0.4 is 0 Å². The zero-order valence-electron chi connectivity index (χ0n) is 8.70. The van der Waals surface area contributed by atoms with Gasteiger partial charge in [0.15, 0.2) is 5.78 Å². The fourth-order valence-electron chi connectivity index (χ4n) is 1.13. The molecule has 15 heavy (non-hydrogen) atoms. The van der Waals surface area contributed by atoms with E-state index in [1.54, 1.807) is 20.8 Å². The fourth-order valence-corrected chi connectivity index (χ4v) is 1.54. The molecular weight excluding hydrogens is 266 g/mol. The lowest BCUT2D eigenvalue weighted by atomic mass is 9.86. The summed E-state index contributed by atoms with van der Waals surface area (Å²) in [6.45, 7) is 4.86. The molecule has 0 spiro atoms. The molecule has 1 rings (SSSR count). The number of rotatable bonds is 1. The third-order valence-corrected chi connectivity index (χ3v) is 2.37. The van der Waals surface area contributed by atoms with Gasteiger partial charge in [-0.05, 0) is 12.1 Å². The van der Waals surface area contributed by atoms with Gasteiger partial charge in [0.2, 0.25) is 0 Å². The summed E-state index contributed by atoms with van der Waals surface area (Å²) in [7, 11) is 0. The SMILES string of the molecule is CC(C)(C)C(=O)c1c(F)cc(Br)cc1F. The van der Waals surface area contributed by atoms with Crippen molar-refractivity contribution < 1.29 is 13.6 Å². The molecule has 0 radical (unpaired) electrons. The molecule has 0 heterocycles. The second kappa shape index (κ2) is 4.00. The van der Waals surface area contributed by atoms with E-state index in [1.807, 2.05) is 0 Å². The van der Waals surface area contributed by atoms with Gasteiger partial charge in [-0.1, -0.05) is 36.7 Å². The van der Waals surface area contributed by atoms with Gasteiger partial charge in [0.1, 0.15) is 11.6 Å². The van der Waals surface area contributed by atoms with Crippen LogP contribution in [0.15, 0.2) is 16.6 Å². The van der Waals surface area contributed by atoms with E-state index in [4.69, 9.17) is 0 Å². The minimum atomic E-state index is -0.832. The van der Waals surface area contributed by atoms with Gasteiger partial charge in [0, 0.05) is 9.89 Å². The molecule has 0 unspecified atom stereocenters. The average Bonchev–Trinajstić information content (AvgIpc) is 1.99. The predicted octanol–water partition coefficient (Wildman–Crippen LogP) is 3.96. The molecule has 0 saturated carbocycles. The Kier molecular flexibility index (Phi) is 3.28. The van der Waals surface area contributed by atoms with Gasteiger partial charge in [0.25, 0.3) is 0 Å². The summed E-state index contributed by atoms with van der Waals surface area (Å²) in [4.78, 5) is 11.7. The van der Waals surface area contributed by atoms with E-state index >= 15 is 0 Å². The Morgan fingerprint density at radius 3 is 1.93 bits per heavy atom. The van der Waals surface area contributed by atoms with Crippen LogP contribution in [0.5, 0.6) is 0 Å². The highest BCUT2D eigenvalue weighted by atomic mass is 79.9. The van der Waals surface area contributed by atoms with Crippen molar-refractivity contribution in [3.05, 3.63) is 33.8 Å². The minimum Gasteiger partial charge on any atom is -0.293 e. The Balaban J connectivity index is 3.33. The Labute approximate surface area is 95.6 Å². The number of carbonyl (C=O) groups is 1. The summed E-state index contributed by atoms with van der Waals surface area (Å²) in [5.74, 6) is -2.20. The highest BCUT2D eigenvalue weighted by molar-refractivity contribution is 9.10. The van der Waals surface area contributed by atoms with E-state index in [0.717, 1.165) is 12.1 Å². The lowest BCUT2D eigenvalue weighted by Gasteiger charge is -2.17. The number of Topliss-reactive ketones (excluding diaryl/α,β-unsaturated/α-hetero) is 1. The summed E-state index contributed by atoms with van der Waals surface area (Å²) >= 11 is 2.96. The summed E-state index contributed by atoms with van der Waals surface area (Å²) in [5.41, 5.74) is -1.26. The third-order valence-electron chi connectivity index (χ3n) is 1.92. The number of hydrogen-bond acceptors (Lipinski definition) is 1. The number of halogens is 3. The average molecular weight is 277 g/mol. The second-order valence-electron chi connectivity index (χ2n) is 4.32. The highest BCUT2D eigenvalue weighted by Crippen LogP contribution is 2.26. The molecule has 0 saturated heterocycles. The molecule has 0 N–H and O–H groups in total. The first-order chi connectivity index (χ1) is 6.73. The zero-order valence-corrected chi connectivity index (χ0v) is 10.3. The molecule has 4 heteroatoms. The van der Waals surface area contributed by atoms with Gasteiger partial charge in [-0.15, -0.1) is 0 Å². The Bertz CT molecular complexity index is 385. The molecule has 82 valence electrons. The lowest BCUT2D eigenvalue weighted by molar-refractivity contribution is 0.0849. The van der Waals surface area contributed by atoms with Gasteiger partial charge in [-0.3, -0.25) is 4.79 Å². The smallest absolute Gasteiger partial charge is 0.174 e. The van der Waals surface area contributed by atoms with E-state index in [9.17, 15) is 13.6 Å². The van der Waals surface area contributed by atoms with Crippen LogP contribution in [0.4, 0.5) is 8.78 Å². The topological polar surface area (TPSA) is 17.1 Å². The number of hydrogen-bond donors (Lipinski definition) is 0. The van der Waals surface area contributed by atoms with Gasteiger partial charge in [-0.25, -0.2) is 8.78 Å². The summed E-state index contributed by atoms with van der Waals surface area (Å²) < 4.78 is 27.1. The van der Waals surface area contributed by atoms with Gasteiger partial charge < -0.3 is 0 Å². The van der Waals surface area contributed by atoms with Crippen LogP contribution in [0.2, 0.25) is 0 Å². The van der Waals surface area contributed by atoms with Crippen molar-refractivity contribution in [2.75, 3.05) is 0 Å². The standard InChI is InChI=1S/C11H11BrF2O/c1-11(2,3)10(15)9-7(13)4-6(12)5-8(9)14/h4-5H,1-3H3. The molecule has 0 atom stereocenters. The third kappa shape index (κ3) is 2.62. The van der Waals surface area contributed by atoms with Crippen molar-refractivity contribution in [1.29, 1.82) is 0 Å². The van der Waals surface area contributed by atoms with Crippen LogP contribution in [0.1, 0.15) is 31.1 Å². The monoisotopic (exact) mass is 276 g/mol. The molecule has 0 aliphatic heterocycles. The van der Waals surface area contributed by atoms with E-state index in [2.05, 4.69) is 15.9 Å². The van der Waals surface area contributed by atoms with Crippen LogP contribution in [0.3, 0.4) is 0 Å². The minimum absolute atomic E-state index is 0.281. The van der Waals surface area contributed by atoms with Gasteiger partial charge in [0.05, 0.1) is 5.56 Å². The molecule has 0 aliphatic rings. The maximum atomic E-state index is 13.4. The van der Waals surface area contributed by atoms with Crippen LogP contribution in [-0.4, -0.2) is 5.78 Å². The first-order valence-electron chi connectivity index (χ1n) is 4.43. The van der Waals surface area contributed by atoms with Crippen LogP contribution >= 0.6 is 15.9 Å². The summed E-state index contributed by atoms with van der Waals surface area (Å²) in [6, 6.07) is 2.17. The first kappa shape index (κ1) is 12.3. The number of carbonyl (C=O) groups excluding carboxylic acids is 1. The van der Waals surface area contributed by atoms with Gasteiger partial charge in [-0.2, -0.15) is 0 Å². The maximum absolute atomic E-state index is 13.4. The second-order valence-corrected chi connectivity index (χ2v) is 5.24. The molecule has 0 amide bonds. The molecule has 0 aromatic heterocycles. The van der Waals surface area contributed by atoms with Crippen LogP contribution in [-0.2, 0) is 0 Å². The van der Waals surface area contributed by atoms with Crippen LogP contribution in [0, 0.1) is 17.0 Å². The van der Waals surface area contributed by atoms with Crippen molar-refractivity contribution in [3.63, 3.8) is 0 Å². The molecule has 1 aromatic carbocycles. The number of benzene rings is 1. The number of ketones is 1. The van der Waals surface area contributed by atoms with E-state index in [1.165, 1.54) is 0 Å². The van der Waals surface area contributed by atoms with Crippen molar-refractivity contribution in [2.45, 2.75) is 20.8 Å². The molecule has 0 fully saturated rings. The van der Waals surface area contributed by atoms with E-state index in [0.29, 0.717) is 0 Å². The maximum Gasteiger partial charge on any atom is 0.174 e. The Morgan fingerprint density at radius 2 is 1.60 bits per heavy atom. The first-order valence-corrected chi connectivity index (χ1v) is 5.22. The summed E-state index contributed by atoms with van der Waals surface area (Å²) in [6.07, 6.45) is 0. The molecule has 1 aromatic rings. The lowest BCUT2D eigenvalue weighted by Crippen LogP contribution is -2.22. The Morgan fingerprint density at radius 1 is 1.20 bits per heavy atom. The Hall–Kier alpha value is -0.770. The quantitative estimate of drug-likeness (QED) is 0.710. The van der Waals surface area contributed by atoms with E-state index in [-0.39, 0.29) is 4.47 Å². The van der Waals surface area contributed by atoms with Crippen molar-refractivity contribution >= 4 is 21.7 Å². The van der Waals surface area contributed by atoms with Crippen molar-refractivity contribution in [3.8, 4) is 0 Å². The largest absolute Gasteiger partial charge is 0.293 e. The molecule has 1 nitrogen and oxygen atoms in total. The highest BCUT2D eigenvalue weighted by Gasteiger charge is 2.28. The zero-order chi connectivity index (χ0) is 11.8. The van der Waals surface area contributed by atoms with Crippen molar-refractivity contribution in [1.82, 2.24) is 0 Å². The predicted molar refractivity (Wildman–Crippen MR) is 57.8 cm³/mol. The van der Waals surface area contributed by atoms with E-state index < -0.39 is 28.4 Å². The molecule has 0 aliphatic carbocycles. The summed E-state index contributed by atoms with van der Waals surface area (Å²) in [5, 5.41) is 0. The van der Waals surface area contributed by atoms with Crippen LogP contribution in [0.25, 0.3) is 0 Å².